The fraction of sp³-hybridized carbons (Fsp3) is 0.389. The van der Waals surface area contributed by atoms with Crippen molar-refractivity contribution < 1.29 is 4.79 Å². The average Bonchev–Trinajstić information content (AvgIpc) is 2.61. The van der Waals surface area contributed by atoms with Crippen LogP contribution in [0.2, 0.25) is 10.0 Å². The summed E-state index contributed by atoms with van der Waals surface area (Å²) < 4.78 is 0. The molecular formula is C18H20Cl2N4O. The maximum absolute atomic E-state index is 12.7. The standard InChI is InChI=1S/C18H20Cl2N4O/c1-2-15-5-3-4-6-24(15)18(25)16-10-22-17(11-21-16)23-14-8-12(19)7-13(20)9-14/h7-11,15H,2-6H2,1H3,(H,22,23). The molecule has 1 atom stereocenters. The summed E-state index contributed by atoms with van der Waals surface area (Å²) >= 11 is 12.0. The molecule has 1 aliphatic rings. The molecule has 1 aromatic carbocycles. The molecule has 25 heavy (non-hydrogen) atoms. The van der Waals surface area contributed by atoms with Crippen LogP contribution >= 0.6 is 23.2 Å². The van der Waals surface area contributed by atoms with Crippen molar-refractivity contribution in [2.24, 2.45) is 0 Å². The van der Waals surface area contributed by atoms with E-state index in [-0.39, 0.29) is 5.91 Å². The number of anilines is 2. The van der Waals surface area contributed by atoms with Crippen LogP contribution in [-0.2, 0) is 0 Å². The molecule has 1 amide bonds. The smallest absolute Gasteiger partial charge is 0.274 e. The number of hydrogen-bond acceptors (Lipinski definition) is 4. The fourth-order valence-electron chi connectivity index (χ4n) is 3.12. The van der Waals surface area contributed by atoms with Crippen molar-refractivity contribution in [3.8, 4) is 0 Å². The SMILES string of the molecule is CCC1CCCCN1C(=O)c1cnc(Nc2cc(Cl)cc(Cl)c2)cn1. The highest BCUT2D eigenvalue weighted by Crippen LogP contribution is 2.25. The van der Waals surface area contributed by atoms with E-state index in [0.29, 0.717) is 33.3 Å². The van der Waals surface area contributed by atoms with Crippen LogP contribution in [0.3, 0.4) is 0 Å². The number of hydrogen-bond donors (Lipinski definition) is 1. The molecule has 0 bridgehead atoms. The molecule has 2 aromatic rings. The van der Waals surface area contributed by atoms with E-state index in [1.54, 1.807) is 24.4 Å². The van der Waals surface area contributed by atoms with E-state index in [1.165, 1.54) is 12.6 Å². The molecule has 2 heterocycles. The first kappa shape index (κ1) is 18.0. The Morgan fingerprint density at radius 1 is 1.20 bits per heavy atom. The minimum atomic E-state index is -0.0450. The molecule has 1 aromatic heterocycles. The number of amides is 1. The summed E-state index contributed by atoms with van der Waals surface area (Å²) in [5, 5.41) is 4.15. The third-order valence-corrected chi connectivity index (χ3v) is 4.80. The van der Waals surface area contributed by atoms with E-state index < -0.39 is 0 Å². The number of nitrogens with zero attached hydrogens (tertiary/aromatic N) is 3. The maximum atomic E-state index is 12.7. The van der Waals surface area contributed by atoms with E-state index in [9.17, 15) is 4.79 Å². The predicted octanol–water partition coefficient (Wildman–Crippen LogP) is 4.93. The van der Waals surface area contributed by atoms with Gasteiger partial charge in [0.05, 0.1) is 12.4 Å². The first-order valence-electron chi connectivity index (χ1n) is 8.43. The summed E-state index contributed by atoms with van der Waals surface area (Å²) in [6, 6.07) is 5.45. The quantitative estimate of drug-likeness (QED) is 0.818. The Morgan fingerprint density at radius 3 is 2.60 bits per heavy atom. The third-order valence-electron chi connectivity index (χ3n) is 4.37. The lowest BCUT2D eigenvalue weighted by Gasteiger charge is -2.34. The number of halogens is 2. The predicted molar refractivity (Wildman–Crippen MR) is 101 cm³/mol. The number of carbonyl (C=O) groups excluding carboxylic acids is 1. The van der Waals surface area contributed by atoms with Gasteiger partial charge in [-0.2, -0.15) is 0 Å². The zero-order chi connectivity index (χ0) is 17.8. The number of aromatic nitrogens is 2. The molecule has 1 unspecified atom stereocenters. The van der Waals surface area contributed by atoms with Gasteiger partial charge in [0.1, 0.15) is 11.5 Å². The second-order valence-electron chi connectivity index (χ2n) is 6.13. The van der Waals surface area contributed by atoms with Crippen molar-refractivity contribution in [1.82, 2.24) is 14.9 Å². The van der Waals surface area contributed by atoms with Crippen molar-refractivity contribution in [3.63, 3.8) is 0 Å². The number of likely N-dealkylation sites (tertiary alicyclic amines) is 1. The van der Waals surface area contributed by atoms with Gasteiger partial charge in [-0.1, -0.05) is 30.1 Å². The summed E-state index contributed by atoms with van der Waals surface area (Å²) in [7, 11) is 0. The van der Waals surface area contributed by atoms with E-state index in [2.05, 4.69) is 22.2 Å². The summed E-state index contributed by atoms with van der Waals surface area (Å²) in [6.45, 7) is 2.91. The number of carbonyl (C=O) groups is 1. The molecule has 3 rings (SSSR count). The van der Waals surface area contributed by atoms with Crippen LogP contribution in [0, 0.1) is 0 Å². The summed E-state index contributed by atoms with van der Waals surface area (Å²) in [6.07, 6.45) is 7.31. The second kappa shape index (κ2) is 8.02. The molecule has 1 saturated heterocycles. The van der Waals surface area contributed by atoms with E-state index >= 15 is 0 Å². The number of nitrogens with one attached hydrogen (secondary N) is 1. The van der Waals surface area contributed by atoms with Crippen LogP contribution in [0.5, 0.6) is 0 Å². The van der Waals surface area contributed by atoms with Crippen LogP contribution in [0.4, 0.5) is 11.5 Å². The summed E-state index contributed by atoms with van der Waals surface area (Å²) in [5.74, 6) is 0.483. The zero-order valence-electron chi connectivity index (χ0n) is 14.0. The fourth-order valence-corrected chi connectivity index (χ4v) is 3.64. The molecule has 1 aliphatic heterocycles. The lowest BCUT2D eigenvalue weighted by molar-refractivity contribution is 0.0601. The van der Waals surface area contributed by atoms with Crippen molar-refractivity contribution >= 4 is 40.6 Å². The Morgan fingerprint density at radius 2 is 1.96 bits per heavy atom. The number of rotatable bonds is 4. The van der Waals surface area contributed by atoms with Crippen LogP contribution in [0.1, 0.15) is 43.1 Å². The third kappa shape index (κ3) is 4.41. The molecular weight excluding hydrogens is 359 g/mol. The van der Waals surface area contributed by atoms with E-state index in [1.807, 2.05) is 4.90 Å². The highest BCUT2D eigenvalue weighted by molar-refractivity contribution is 6.35. The molecule has 0 radical (unpaired) electrons. The van der Waals surface area contributed by atoms with E-state index in [0.717, 1.165) is 25.8 Å². The topological polar surface area (TPSA) is 58.1 Å². The maximum Gasteiger partial charge on any atom is 0.274 e. The van der Waals surface area contributed by atoms with Gasteiger partial charge in [0.2, 0.25) is 0 Å². The van der Waals surface area contributed by atoms with Gasteiger partial charge in [0.15, 0.2) is 0 Å². The first-order chi connectivity index (χ1) is 12.1. The number of benzene rings is 1. The van der Waals surface area contributed by atoms with Crippen molar-refractivity contribution in [1.29, 1.82) is 0 Å². The van der Waals surface area contributed by atoms with Crippen LogP contribution in [0.15, 0.2) is 30.6 Å². The molecule has 0 saturated carbocycles. The molecule has 132 valence electrons. The Labute approximate surface area is 157 Å². The Kier molecular flexibility index (Phi) is 5.76. The molecule has 5 nitrogen and oxygen atoms in total. The van der Waals surface area contributed by atoms with Crippen molar-refractivity contribution in [3.05, 3.63) is 46.3 Å². The normalized spacial score (nSPS) is 17.4. The molecule has 1 N–H and O–H groups in total. The molecule has 1 fully saturated rings. The van der Waals surface area contributed by atoms with Crippen LogP contribution < -0.4 is 5.32 Å². The summed E-state index contributed by atoms with van der Waals surface area (Å²) in [4.78, 5) is 23.2. The zero-order valence-corrected chi connectivity index (χ0v) is 15.5. The lowest BCUT2D eigenvalue weighted by Crippen LogP contribution is -2.43. The number of piperidine rings is 1. The van der Waals surface area contributed by atoms with Gasteiger partial charge in [-0.25, -0.2) is 9.97 Å². The van der Waals surface area contributed by atoms with Crippen molar-refractivity contribution in [2.45, 2.75) is 38.6 Å². The van der Waals surface area contributed by atoms with Crippen LogP contribution in [-0.4, -0.2) is 33.4 Å². The summed E-state index contributed by atoms with van der Waals surface area (Å²) in [5.41, 5.74) is 1.09. The van der Waals surface area contributed by atoms with Gasteiger partial charge >= 0.3 is 0 Å². The molecule has 0 spiro atoms. The molecule has 7 heteroatoms. The minimum Gasteiger partial charge on any atom is -0.339 e. The van der Waals surface area contributed by atoms with Gasteiger partial charge in [-0.15, -0.1) is 0 Å². The second-order valence-corrected chi connectivity index (χ2v) is 7.00. The van der Waals surface area contributed by atoms with Gasteiger partial charge in [0.25, 0.3) is 5.91 Å². The Bertz CT molecular complexity index is 731. The Balaban J connectivity index is 1.72. The van der Waals surface area contributed by atoms with Gasteiger partial charge < -0.3 is 10.2 Å². The van der Waals surface area contributed by atoms with E-state index in [4.69, 9.17) is 23.2 Å². The van der Waals surface area contributed by atoms with Crippen LogP contribution in [0.25, 0.3) is 0 Å². The Hall–Kier alpha value is -1.85. The monoisotopic (exact) mass is 378 g/mol. The lowest BCUT2D eigenvalue weighted by atomic mass is 10.00. The first-order valence-corrected chi connectivity index (χ1v) is 9.18. The molecule has 0 aliphatic carbocycles. The highest BCUT2D eigenvalue weighted by Gasteiger charge is 2.27. The highest BCUT2D eigenvalue weighted by atomic mass is 35.5. The van der Waals surface area contributed by atoms with Crippen molar-refractivity contribution in [2.75, 3.05) is 11.9 Å². The minimum absolute atomic E-state index is 0.0450. The van der Waals surface area contributed by atoms with Gasteiger partial charge in [-0.05, 0) is 43.9 Å². The van der Waals surface area contributed by atoms with Gasteiger partial charge in [-0.3, -0.25) is 4.79 Å². The van der Waals surface area contributed by atoms with Gasteiger partial charge in [0, 0.05) is 28.3 Å². The largest absolute Gasteiger partial charge is 0.339 e. The average molecular weight is 379 g/mol.